The van der Waals surface area contributed by atoms with Crippen molar-refractivity contribution in [1.82, 2.24) is 0 Å². The van der Waals surface area contributed by atoms with Crippen molar-refractivity contribution in [1.29, 1.82) is 0 Å². The first-order chi connectivity index (χ1) is 7.76. The molecule has 0 N–H and O–H groups in total. The zero-order chi connectivity index (χ0) is 11.5. The van der Waals surface area contributed by atoms with Gasteiger partial charge in [0.1, 0.15) is 5.75 Å². The Bertz CT molecular complexity index is 455. The lowest BCUT2D eigenvalue weighted by Gasteiger charge is -2.07. The predicted octanol–water partition coefficient (Wildman–Crippen LogP) is 2.67. The number of nitrogens with zero attached hydrogens (tertiary/aromatic N) is 1. The summed E-state index contributed by atoms with van der Waals surface area (Å²) in [4.78, 5) is 14.8. The largest absolute Gasteiger partial charge is 0.496 e. The van der Waals surface area contributed by atoms with Gasteiger partial charge in [-0.05, 0) is 36.5 Å². The van der Waals surface area contributed by atoms with Crippen molar-refractivity contribution in [2.75, 3.05) is 13.7 Å². The molecular formula is C13H13NO2. The van der Waals surface area contributed by atoms with Crippen molar-refractivity contribution in [2.24, 2.45) is 0 Å². The van der Waals surface area contributed by atoms with E-state index in [0.29, 0.717) is 17.2 Å². The minimum atomic E-state index is -0.158. The highest BCUT2D eigenvalue weighted by Gasteiger charge is 2.25. The van der Waals surface area contributed by atoms with Crippen LogP contribution in [0.5, 0.6) is 5.75 Å². The molecule has 3 nitrogen and oxygen atoms in total. The summed E-state index contributed by atoms with van der Waals surface area (Å²) in [5.74, 6) is 1.01. The summed E-state index contributed by atoms with van der Waals surface area (Å²) in [6.45, 7) is 6.62. The molecule has 1 aliphatic carbocycles. The van der Waals surface area contributed by atoms with Crippen molar-refractivity contribution in [3.8, 4) is 5.75 Å². The van der Waals surface area contributed by atoms with Gasteiger partial charge in [-0.15, -0.1) is 0 Å². The number of Topliss-reactive ketones (excluding diaryl/α,β-unsaturated/α-hetero) is 1. The molecule has 1 saturated carbocycles. The van der Waals surface area contributed by atoms with E-state index in [1.165, 1.54) is 18.4 Å². The Morgan fingerprint density at radius 1 is 1.56 bits per heavy atom. The van der Waals surface area contributed by atoms with Crippen LogP contribution in [-0.4, -0.2) is 19.4 Å². The highest BCUT2D eigenvalue weighted by molar-refractivity contribution is 6.01. The lowest BCUT2D eigenvalue weighted by atomic mass is 10.0. The first kappa shape index (κ1) is 10.7. The van der Waals surface area contributed by atoms with E-state index in [0.717, 1.165) is 0 Å². The molecule has 2 rings (SSSR count). The Hall–Kier alpha value is -1.82. The van der Waals surface area contributed by atoms with Gasteiger partial charge >= 0.3 is 0 Å². The summed E-state index contributed by atoms with van der Waals surface area (Å²) >= 11 is 0. The van der Waals surface area contributed by atoms with E-state index in [4.69, 9.17) is 11.3 Å². The van der Waals surface area contributed by atoms with E-state index < -0.39 is 0 Å². The summed E-state index contributed by atoms with van der Waals surface area (Å²) in [6, 6.07) is 5.71. The predicted molar refractivity (Wildman–Crippen MR) is 60.8 cm³/mol. The maximum absolute atomic E-state index is 11.7. The summed E-state index contributed by atoms with van der Waals surface area (Å²) in [5.41, 5.74) is 1.73. The van der Waals surface area contributed by atoms with Crippen LogP contribution < -0.4 is 4.74 Å². The summed E-state index contributed by atoms with van der Waals surface area (Å²) in [5, 5.41) is 0. The van der Waals surface area contributed by atoms with E-state index in [1.807, 2.05) is 18.2 Å². The molecule has 0 spiro atoms. The van der Waals surface area contributed by atoms with Crippen LogP contribution in [0.3, 0.4) is 0 Å². The average Bonchev–Trinajstić information content (AvgIpc) is 3.12. The molecule has 1 fully saturated rings. The van der Waals surface area contributed by atoms with E-state index in [9.17, 15) is 4.79 Å². The number of ether oxygens (including phenoxy) is 1. The Morgan fingerprint density at radius 3 is 2.88 bits per heavy atom. The van der Waals surface area contributed by atoms with Crippen molar-refractivity contribution in [3.63, 3.8) is 0 Å². The van der Waals surface area contributed by atoms with Gasteiger partial charge in [0.2, 0.25) is 5.78 Å². The van der Waals surface area contributed by atoms with Crippen LogP contribution in [0.1, 0.15) is 34.7 Å². The standard InChI is InChI=1S/C13H13NO2/c1-14-8-12(15)11-7-10(9-3-4-9)5-6-13(11)16-2/h5-7,9H,3-4,8H2,2H3. The second-order valence-corrected chi connectivity index (χ2v) is 3.97. The lowest BCUT2D eigenvalue weighted by Crippen LogP contribution is -2.05. The maximum atomic E-state index is 11.7. The van der Waals surface area contributed by atoms with Gasteiger partial charge in [0.15, 0.2) is 0 Å². The maximum Gasteiger partial charge on any atom is 0.276 e. The average molecular weight is 215 g/mol. The minimum Gasteiger partial charge on any atom is -0.496 e. The molecule has 16 heavy (non-hydrogen) atoms. The Kier molecular flexibility index (Phi) is 2.91. The van der Waals surface area contributed by atoms with Crippen LogP contribution in [0.25, 0.3) is 4.85 Å². The monoisotopic (exact) mass is 215 g/mol. The molecule has 1 aromatic carbocycles. The number of rotatable bonds is 4. The molecule has 0 heterocycles. The Morgan fingerprint density at radius 2 is 2.31 bits per heavy atom. The first-order valence-corrected chi connectivity index (χ1v) is 5.30. The number of methoxy groups -OCH3 is 1. The van der Waals surface area contributed by atoms with Crippen molar-refractivity contribution < 1.29 is 9.53 Å². The zero-order valence-corrected chi connectivity index (χ0v) is 9.19. The molecule has 0 radical (unpaired) electrons. The van der Waals surface area contributed by atoms with Crippen LogP contribution >= 0.6 is 0 Å². The van der Waals surface area contributed by atoms with Crippen LogP contribution in [0.4, 0.5) is 0 Å². The molecule has 0 aromatic heterocycles. The van der Waals surface area contributed by atoms with Gasteiger partial charge in [0.05, 0.1) is 12.7 Å². The van der Waals surface area contributed by atoms with E-state index in [2.05, 4.69) is 4.85 Å². The molecule has 0 aliphatic heterocycles. The van der Waals surface area contributed by atoms with Gasteiger partial charge in [-0.1, -0.05) is 6.07 Å². The molecule has 0 bridgehead atoms. The van der Waals surface area contributed by atoms with E-state index >= 15 is 0 Å². The number of ketones is 1. The number of benzene rings is 1. The summed E-state index contributed by atoms with van der Waals surface area (Å²) < 4.78 is 5.14. The van der Waals surface area contributed by atoms with Gasteiger partial charge < -0.3 is 9.58 Å². The highest BCUT2D eigenvalue weighted by atomic mass is 16.5. The van der Waals surface area contributed by atoms with Crippen molar-refractivity contribution in [3.05, 3.63) is 40.7 Å². The topological polar surface area (TPSA) is 30.7 Å². The number of hydrogen-bond donors (Lipinski definition) is 0. The molecule has 0 saturated heterocycles. The van der Waals surface area contributed by atoms with Gasteiger partial charge in [-0.2, -0.15) is 0 Å². The van der Waals surface area contributed by atoms with Gasteiger partial charge in [-0.3, -0.25) is 4.79 Å². The molecule has 1 aromatic rings. The van der Waals surface area contributed by atoms with Crippen molar-refractivity contribution in [2.45, 2.75) is 18.8 Å². The van der Waals surface area contributed by atoms with Gasteiger partial charge in [0, 0.05) is 0 Å². The van der Waals surface area contributed by atoms with Crippen LogP contribution in [0.15, 0.2) is 18.2 Å². The molecule has 0 unspecified atom stereocenters. The third-order valence-corrected chi connectivity index (χ3v) is 2.80. The fourth-order valence-corrected chi connectivity index (χ4v) is 1.77. The Balaban J connectivity index is 2.35. The SMILES string of the molecule is [C-]#[N+]CC(=O)c1cc(C2CC2)ccc1OC. The molecular weight excluding hydrogens is 202 g/mol. The van der Waals surface area contributed by atoms with Gasteiger partial charge in [-0.25, -0.2) is 6.57 Å². The minimum absolute atomic E-state index is 0.107. The van der Waals surface area contributed by atoms with E-state index in [1.54, 1.807) is 7.11 Å². The number of carbonyl (C=O) groups excluding carboxylic acids is 1. The smallest absolute Gasteiger partial charge is 0.276 e. The molecule has 1 aliphatic rings. The number of carbonyl (C=O) groups is 1. The second-order valence-electron chi connectivity index (χ2n) is 3.97. The zero-order valence-electron chi connectivity index (χ0n) is 9.19. The Labute approximate surface area is 94.9 Å². The van der Waals surface area contributed by atoms with Crippen molar-refractivity contribution >= 4 is 5.78 Å². The molecule has 0 amide bonds. The summed E-state index contributed by atoms with van der Waals surface area (Å²) in [6.07, 6.45) is 2.39. The lowest BCUT2D eigenvalue weighted by molar-refractivity contribution is 0.101. The third-order valence-electron chi connectivity index (χ3n) is 2.80. The second kappa shape index (κ2) is 4.36. The molecule has 3 heteroatoms. The fraction of sp³-hybridized carbons (Fsp3) is 0.385. The highest BCUT2D eigenvalue weighted by Crippen LogP contribution is 2.41. The summed E-state index contributed by atoms with van der Waals surface area (Å²) in [7, 11) is 1.54. The first-order valence-electron chi connectivity index (χ1n) is 5.30. The van der Waals surface area contributed by atoms with Crippen LogP contribution in [0, 0.1) is 6.57 Å². The van der Waals surface area contributed by atoms with E-state index in [-0.39, 0.29) is 12.3 Å². The van der Waals surface area contributed by atoms with Crippen LogP contribution in [0.2, 0.25) is 0 Å². The molecule has 0 atom stereocenters. The third kappa shape index (κ3) is 2.06. The quantitative estimate of drug-likeness (QED) is 0.571. The number of hydrogen-bond acceptors (Lipinski definition) is 2. The van der Waals surface area contributed by atoms with Crippen LogP contribution in [-0.2, 0) is 0 Å². The normalized spacial score (nSPS) is 14.2. The van der Waals surface area contributed by atoms with Gasteiger partial charge in [0.25, 0.3) is 6.54 Å². The fourth-order valence-electron chi connectivity index (χ4n) is 1.77. The molecule has 82 valence electrons.